The maximum Gasteiger partial charge on any atom is 0.338 e. The van der Waals surface area contributed by atoms with Crippen LogP contribution in [-0.2, 0) is 14.3 Å². The van der Waals surface area contributed by atoms with Crippen molar-refractivity contribution in [1.29, 1.82) is 0 Å². The lowest BCUT2D eigenvalue weighted by Crippen LogP contribution is -2.45. The van der Waals surface area contributed by atoms with Gasteiger partial charge in [0.2, 0.25) is 0 Å². The molecule has 28 heavy (non-hydrogen) atoms. The number of hydrogen-bond acceptors (Lipinski definition) is 5. The third kappa shape index (κ3) is 6.23. The first kappa shape index (κ1) is 21.2. The summed E-state index contributed by atoms with van der Waals surface area (Å²) in [5, 5.41) is 2.71. The van der Waals surface area contributed by atoms with E-state index in [4.69, 9.17) is 9.47 Å². The second kappa shape index (κ2) is 10.3. The van der Waals surface area contributed by atoms with Gasteiger partial charge in [0.1, 0.15) is 19.3 Å². The standard InChI is InChI=1S/C22H25NO5/c1-15(2)19(23-20(24)17-11-9-16(3)10-12-17)22(26)28-14-13-27-21(25)18-7-5-4-6-8-18/h4-12,15,19H,13-14H2,1-3H3,(H,23,24). The third-order valence-electron chi connectivity index (χ3n) is 4.09. The van der Waals surface area contributed by atoms with Gasteiger partial charge in [0.05, 0.1) is 5.56 Å². The summed E-state index contributed by atoms with van der Waals surface area (Å²) in [6.07, 6.45) is 0. The van der Waals surface area contributed by atoms with Gasteiger partial charge in [0.25, 0.3) is 5.91 Å². The number of ether oxygens (including phenoxy) is 2. The SMILES string of the molecule is Cc1ccc(C(=O)NC(C(=O)OCCOC(=O)c2ccccc2)C(C)C)cc1. The first-order valence-electron chi connectivity index (χ1n) is 9.15. The Hall–Kier alpha value is -3.15. The lowest BCUT2D eigenvalue weighted by Gasteiger charge is -2.21. The number of carbonyl (C=O) groups is 3. The Morgan fingerprint density at radius 1 is 0.857 bits per heavy atom. The molecule has 1 atom stereocenters. The molecule has 0 aliphatic carbocycles. The Morgan fingerprint density at radius 3 is 2.07 bits per heavy atom. The zero-order valence-electron chi connectivity index (χ0n) is 16.3. The zero-order valence-corrected chi connectivity index (χ0v) is 16.3. The van der Waals surface area contributed by atoms with Crippen LogP contribution in [0.2, 0.25) is 0 Å². The number of nitrogens with one attached hydrogen (secondary N) is 1. The molecule has 2 aromatic carbocycles. The predicted molar refractivity (Wildman–Crippen MR) is 105 cm³/mol. The van der Waals surface area contributed by atoms with E-state index in [1.807, 2.05) is 32.9 Å². The molecule has 0 aromatic heterocycles. The van der Waals surface area contributed by atoms with Crippen LogP contribution in [-0.4, -0.2) is 37.1 Å². The molecule has 2 aromatic rings. The number of benzene rings is 2. The van der Waals surface area contributed by atoms with Gasteiger partial charge in [0, 0.05) is 5.56 Å². The summed E-state index contributed by atoms with van der Waals surface area (Å²) in [4.78, 5) is 36.5. The van der Waals surface area contributed by atoms with Gasteiger partial charge < -0.3 is 14.8 Å². The van der Waals surface area contributed by atoms with Crippen molar-refractivity contribution in [2.24, 2.45) is 5.92 Å². The fraction of sp³-hybridized carbons (Fsp3) is 0.318. The minimum absolute atomic E-state index is 0.0593. The molecule has 0 spiro atoms. The molecule has 6 nitrogen and oxygen atoms in total. The van der Waals surface area contributed by atoms with Gasteiger partial charge in [-0.15, -0.1) is 0 Å². The van der Waals surface area contributed by atoms with Crippen molar-refractivity contribution in [3.05, 3.63) is 71.3 Å². The number of carbonyl (C=O) groups excluding carboxylic acids is 3. The van der Waals surface area contributed by atoms with Gasteiger partial charge in [-0.05, 0) is 37.1 Å². The average molecular weight is 383 g/mol. The average Bonchev–Trinajstić information content (AvgIpc) is 2.69. The molecule has 6 heteroatoms. The molecule has 1 N–H and O–H groups in total. The van der Waals surface area contributed by atoms with Gasteiger partial charge in [-0.1, -0.05) is 49.7 Å². The topological polar surface area (TPSA) is 81.7 Å². The molecule has 0 saturated carbocycles. The molecule has 2 rings (SSSR count). The minimum atomic E-state index is -0.793. The van der Waals surface area contributed by atoms with Gasteiger partial charge in [0.15, 0.2) is 0 Å². The van der Waals surface area contributed by atoms with E-state index in [1.54, 1.807) is 42.5 Å². The Bertz CT molecular complexity index is 799. The van der Waals surface area contributed by atoms with Crippen LogP contribution < -0.4 is 5.32 Å². The Morgan fingerprint density at radius 2 is 1.46 bits per heavy atom. The second-order valence-corrected chi connectivity index (χ2v) is 6.73. The Labute approximate surface area is 164 Å². The van der Waals surface area contributed by atoms with Crippen molar-refractivity contribution in [2.45, 2.75) is 26.8 Å². The number of amides is 1. The fourth-order valence-corrected chi connectivity index (χ4v) is 2.45. The van der Waals surface area contributed by atoms with Crippen LogP contribution in [0.4, 0.5) is 0 Å². The molecular formula is C22H25NO5. The van der Waals surface area contributed by atoms with Crippen LogP contribution in [0.25, 0.3) is 0 Å². The molecule has 148 valence electrons. The monoisotopic (exact) mass is 383 g/mol. The molecule has 1 unspecified atom stereocenters. The number of hydrogen-bond donors (Lipinski definition) is 1. The van der Waals surface area contributed by atoms with Crippen LogP contribution in [0.3, 0.4) is 0 Å². The summed E-state index contributed by atoms with van der Waals surface area (Å²) in [7, 11) is 0. The van der Waals surface area contributed by atoms with Crippen LogP contribution >= 0.6 is 0 Å². The largest absolute Gasteiger partial charge is 0.461 e. The molecule has 0 fully saturated rings. The number of rotatable bonds is 8. The van der Waals surface area contributed by atoms with E-state index in [9.17, 15) is 14.4 Å². The summed E-state index contributed by atoms with van der Waals surface area (Å²) in [6, 6.07) is 14.8. The fourth-order valence-electron chi connectivity index (χ4n) is 2.45. The minimum Gasteiger partial charge on any atom is -0.461 e. The van der Waals surface area contributed by atoms with Crippen molar-refractivity contribution >= 4 is 17.8 Å². The zero-order chi connectivity index (χ0) is 20.5. The molecule has 0 bridgehead atoms. The first-order chi connectivity index (χ1) is 13.4. The summed E-state index contributed by atoms with van der Waals surface area (Å²) in [5.41, 5.74) is 1.95. The van der Waals surface area contributed by atoms with Crippen LogP contribution in [0.5, 0.6) is 0 Å². The van der Waals surface area contributed by atoms with Gasteiger partial charge in [-0.2, -0.15) is 0 Å². The van der Waals surface area contributed by atoms with Gasteiger partial charge >= 0.3 is 11.9 Å². The van der Waals surface area contributed by atoms with Crippen LogP contribution in [0, 0.1) is 12.8 Å². The maximum absolute atomic E-state index is 12.4. The predicted octanol–water partition coefficient (Wildman–Crippen LogP) is 3.15. The maximum atomic E-state index is 12.4. The van der Waals surface area contributed by atoms with E-state index in [0.29, 0.717) is 11.1 Å². The molecule has 0 radical (unpaired) electrons. The van der Waals surface area contributed by atoms with Gasteiger partial charge in [-0.3, -0.25) is 4.79 Å². The Balaban J connectivity index is 1.82. The smallest absolute Gasteiger partial charge is 0.338 e. The van der Waals surface area contributed by atoms with Crippen molar-refractivity contribution < 1.29 is 23.9 Å². The van der Waals surface area contributed by atoms with E-state index >= 15 is 0 Å². The first-order valence-corrected chi connectivity index (χ1v) is 9.15. The third-order valence-corrected chi connectivity index (χ3v) is 4.09. The molecule has 0 aliphatic heterocycles. The van der Waals surface area contributed by atoms with E-state index < -0.39 is 18.0 Å². The van der Waals surface area contributed by atoms with Crippen molar-refractivity contribution in [3.8, 4) is 0 Å². The van der Waals surface area contributed by atoms with Crippen molar-refractivity contribution in [3.63, 3.8) is 0 Å². The Kier molecular flexibility index (Phi) is 7.75. The highest BCUT2D eigenvalue weighted by Crippen LogP contribution is 2.08. The van der Waals surface area contributed by atoms with Crippen molar-refractivity contribution in [1.82, 2.24) is 5.32 Å². The lowest BCUT2D eigenvalue weighted by molar-refractivity contribution is -0.148. The quantitative estimate of drug-likeness (QED) is 0.559. The van der Waals surface area contributed by atoms with E-state index in [2.05, 4.69) is 5.32 Å². The van der Waals surface area contributed by atoms with E-state index in [1.165, 1.54) is 0 Å². The summed E-state index contributed by atoms with van der Waals surface area (Å²) >= 11 is 0. The number of aryl methyl sites for hydroxylation is 1. The normalized spacial score (nSPS) is 11.6. The highest BCUT2D eigenvalue weighted by atomic mass is 16.6. The van der Waals surface area contributed by atoms with Crippen LogP contribution in [0.15, 0.2) is 54.6 Å². The molecule has 1 amide bonds. The summed E-state index contributed by atoms with van der Waals surface area (Å²) < 4.78 is 10.3. The summed E-state index contributed by atoms with van der Waals surface area (Å²) in [5.74, 6) is -1.55. The molecular weight excluding hydrogens is 358 g/mol. The van der Waals surface area contributed by atoms with Crippen LogP contribution in [0.1, 0.15) is 40.1 Å². The second-order valence-electron chi connectivity index (χ2n) is 6.73. The van der Waals surface area contributed by atoms with E-state index in [0.717, 1.165) is 5.56 Å². The van der Waals surface area contributed by atoms with Crippen molar-refractivity contribution in [2.75, 3.05) is 13.2 Å². The van der Waals surface area contributed by atoms with Gasteiger partial charge in [-0.25, -0.2) is 9.59 Å². The molecule has 0 heterocycles. The molecule has 0 saturated heterocycles. The molecule has 0 aliphatic rings. The number of esters is 2. The lowest BCUT2D eigenvalue weighted by atomic mass is 10.0. The van der Waals surface area contributed by atoms with E-state index in [-0.39, 0.29) is 25.0 Å². The highest BCUT2D eigenvalue weighted by molar-refractivity contribution is 5.96. The highest BCUT2D eigenvalue weighted by Gasteiger charge is 2.26. The summed E-state index contributed by atoms with van der Waals surface area (Å²) in [6.45, 7) is 5.42.